The van der Waals surface area contributed by atoms with Crippen molar-refractivity contribution in [2.75, 3.05) is 19.7 Å². The van der Waals surface area contributed by atoms with E-state index in [0.717, 1.165) is 28.8 Å². The van der Waals surface area contributed by atoms with Crippen molar-refractivity contribution < 1.29 is 14.3 Å². The van der Waals surface area contributed by atoms with Crippen molar-refractivity contribution in [1.82, 2.24) is 24.3 Å². The molecular formula is C22H27N5O3S. The Morgan fingerprint density at radius 2 is 1.94 bits per heavy atom. The Morgan fingerprint density at radius 1 is 1.19 bits per heavy atom. The van der Waals surface area contributed by atoms with Gasteiger partial charge in [-0.3, -0.25) is 9.48 Å². The molecule has 1 amide bonds. The molecule has 3 aromatic rings. The molecule has 1 fully saturated rings. The van der Waals surface area contributed by atoms with Crippen molar-refractivity contribution >= 4 is 33.6 Å². The maximum Gasteiger partial charge on any atom is 0.358 e. The van der Waals surface area contributed by atoms with Gasteiger partial charge < -0.3 is 9.64 Å². The standard InChI is InChI=1S/C22H27N5O3S/c1-5-30-21(29)17-13-19(22(2,3)4)27(24-17)15-8-10-26(11-9-15)20(28)14-6-7-18-16(12-14)23-25-31-18/h6-7,12-13,15H,5,8-11H2,1-4H3. The number of fused-ring (bicyclic) bond motifs is 1. The zero-order valence-corrected chi connectivity index (χ0v) is 19.1. The molecule has 0 radical (unpaired) electrons. The molecule has 1 aliphatic rings. The molecule has 1 aromatic carbocycles. The highest BCUT2D eigenvalue weighted by Gasteiger charge is 2.31. The number of likely N-dealkylation sites (tertiary alicyclic amines) is 1. The Bertz CT molecular complexity index is 1110. The van der Waals surface area contributed by atoms with Crippen LogP contribution in [-0.4, -0.2) is 55.8 Å². The maximum absolute atomic E-state index is 13.0. The number of rotatable bonds is 4. The van der Waals surface area contributed by atoms with Crippen LogP contribution >= 0.6 is 11.5 Å². The van der Waals surface area contributed by atoms with E-state index in [-0.39, 0.29) is 17.4 Å². The van der Waals surface area contributed by atoms with Crippen LogP contribution in [0.4, 0.5) is 0 Å². The SMILES string of the molecule is CCOC(=O)c1cc(C(C)(C)C)n(C2CCN(C(=O)c3ccc4snnc4c3)CC2)n1. The summed E-state index contributed by atoms with van der Waals surface area (Å²) >= 11 is 1.32. The molecule has 0 spiro atoms. The minimum Gasteiger partial charge on any atom is -0.461 e. The molecule has 3 heterocycles. The van der Waals surface area contributed by atoms with E-state index in [1.807, 2.05) is 33.8 Å². The summed E-state index contributed by atoms with van der Waals surface area (Å²) in [5, 5.41) is 8.67. The number of amides is 1. The summed E-state index contributed by atoms with van der Waals surface area (Å²) in [5.41, 5.74) is 2.57. The zero-order valence-electron chi connectivity index (χ0n) is 18.3. The third-order valence-corrected chi connectivity index (χ3v) is 6.29. The predicted octanol–water partition coefficient (Wildman–Crippen LogP) is 3.84. The summed E-state index contributed by atoms with van der Waals surface area (Å²) in [6.45, 7) is 9.70. The zero-order chi connectivity index (χ0) is 22.2. The molecule has 2 aromatic heterocycles. The predicted molar refractivity (Wildman–Crippen MR) is 118 cm³/mol. The number of carbonyl (C=O) groups excluding carboxylic acids is 2. The molecule has 0 N–H and O–H groups in total. The van der Waals surface area contributed by atoms with Gasteiger partial charge in [-0.2, -0.15) is 5.10 Å². The number of nitrogens with zero attached hydrogens (tertiary/aromatic N) is 5. The highest BCUT2D eigenvalue weighted by molar-refractivity contribution is 7.12. The largest absolute Gasteiger partial charge is 0.461 e. The van der Waals surface area contributed by atoms with Gasteiger partial charge in [-0.25, -0.2) is 4.79 Å². The van der Waals surface area contributed by atoms with Gasteiger partial charge in [0.1, 0.15) is 5.52 Å². The Labute approximate surface area is 185 Å². The molecule has 1 saturated heterocycles. The summed E-state index contributed by atoms with van der Waals surface area (Å²) in [6.07, 6.45) is 1.55. The fraction of sp³-hybridized carbons (Fsp3) is 0.500. The Balaban J connectivity index is 1.50. The fourth-order valence-electron chi connectivity index (χ4n) is 3.95. The molecule has 9 heteroatoms. The van der Waals surface area contributed by atoms with Gasteiger partial charge in [0.15, 0.2) is 5.69 Å². The second kappa shape index (κ2) is 8.37. The number of esters is 1. The van der Waals surface area contributed by atoms with Gasteiger partial charge in [0.05, 0.1) is 17.3 Å². The van der Waals surface area contributed by atoms with E-state index in [1.54, 1.807) is 6.92 Å². The monoisotopic (exact) mass is 441 g/mol. The first-order valence-corrected chi connectivity index (χ1v) is 11.3. The first kappa shape index (κ1) is 21.4. The van der Waals surface area contributed by atoms with Crippen LogP contribution in [-0.2, 0) is 10.2 Å². The second-order valence-electron chi connectivity index (χ2n) is 8.81. The molecule has 0 bridgehead atoms. The summed E-state index contributed by atoms with van der Waals surface area (Å²) in [5.74, 6) is -0.386. The highest BCUT2D eigenvalue weighted by Crippen LogP contribution is 2.31. The summed E-state index contributed by atoms with van der Waals surface area (Å²) < 4.78 is 12.0. The molecule has 1 aliphatic heterocycles. The van der Waals surface area contributed by atoms with Crippen LogP contribution in [0.2, 0.25) is 0 Å². The van der Waals surface area contributed by atoms with Gasteiger partial charge in [0.2, 0.25) is 0 Å². The van der Waals surface area contributed by atoms with Crippen LogP contribution in [0.5, 0.6) is 0 Å². The number of piperidine rings is 1. The van der Waals surface area contributed by atoms with Crippen LogP contribution < -0.4 is 0 Å². The molecule has 4 rings (SSSR count). The summed E-state index contributed by atoms with van der Waals surface area (Å²) in [6, 6.07) is 7.52. The van der Waals surface area contributed by atoms with Gasteiger partial charge in [0, 0.05) is 29.8 Å². The lowest BCUT2D eigenvalue weighted by Gasteiger charge is -2.34. The third-order valence-electron chi connectivity index (χ3n) is 5.58. The average Bonchev–Trinajstić information content (AvgIpc) is 3.40. The lowest BCUT2D eigenvalue weighted by Crippen LogP contribution is -2.40. The normalized spacial score (nSPS) is 15.4. The van der Waals surface area contributed by atoms with E-state index in [1.165, 1.54) is 11.5 Å². The number of ether oxygens (including phenoxy) is 1. The lowest BCUT2D eigenvalue weighted by atomic mass is 9.91. The van der Waals surface area contributed by atoms with Gasteiger partial charge in [-0.05, 0) is 55.6 Å². The number of hydrogen-bond acceptors (Lipinski definition) is 7. The molecule has 0 aliphatic carbocycles. The van der Waals surface area contributed by atoms with E-state index < -0.39 is 5.97 Å². The molecule has 31 heavy (non-hydrogen) atoms. The van der Waals surface area contributed by atoms with E-state index in [9.17, 15) is 9.59 Å². The topological polar surface area (TPSA) is 90.2 Å². The molecule has 164 valence electrons. The van der Waals surface area contributed by atoms with Gasteiger partial charge >= 0.3 is 5.97 Å². The number of hydrogen-bond donors (Lipinski definition) is 0. The number of aromatic nitrogens is 4. The highest BCUT2D eigenvalue weighted by atomic mass is 32.1. The van der Waals surface area contributed by atoms with Crippen LogP contribution in [0.15, 0.2) is 24.3 Å². The molecule has 0 atom stereocenters. The fourth-order valence-corrected chi connectivity index (χ4v) is 4.49. The van der Waals surface area contributed by atoms with Gasteiger partial charge in [-0.15, -0.1) is 5.10 Å². The Hall–Kier alpha value is -2.81. The molecule has 0 saturated carbocycles. The maximum atomic E-state index is 13.0. The first-order valence-electron chi connectivity index (χ1n) is 10.6. The van der Waals surface area contributed by atoms with Crippen molar-refractivity contribution in [1.29, 1.82) is 0 Å². The Kier molecular flexibility index (Phi) is 5.79. The third kappa shape index (κ3) is 4.32. The van der Waals surface area contributed by atoms with Crippen molar-refractivity contribution in [3.63, 3.8) is 0 Å². The van der Waals surface area contributed by atoms with Gasteiger partial charge in [-0.1, -0.05) is 25.3 Å². The number of benzene rings is 1. The van der Waals surface area contributed by atoms with Crippen molar-refractivity contribution in [3.8, 4) is 0 Å². The first-order chi connectivity index (χ1) is 14.8. The van der Waals surface area contributed by atoms with E-state index >= 15 is 0 Å². The lowest BCUT2D eigenvalue weighted by molar-refractivity contribution is 0.0517. The van der Waals surface area contributed by atoms with E-state index in [4.69, 9.17) is 4.74 Å². The average molecular weight is 442 g/mol. The molecule has 0 unspecified atom stereocenters. The summed E-state index contributed by atoms with van der Waals surface area (Å²) in [4.78, 5) is 27.1. The van der Waals surface area contributed by atoms with Crippen LogP contribution in [0, 0.1) is 0 Å². The van der Waals surface area contributed by atoms with Crippen LogP contribution in [0.1, 0.15) is 73.1 Å². The van der Waals surface area contributed by atoms with Crippen molar-refractivity contribution in [2.45, 2.75) is 52.0 Å². The van der Waals surface area contributed by atoms with Crippen molar-refractivity contribution in [2.24, 2.45) is 0 Å². The molecular weight excluding hydrogens is 414 g/mol. The van der Waals surface area contributed by atoms with E-state index in [2.05, 4.69) is 35.5 Å². The molecule has 8 nitrogen and oxygen atoms in total. The minimum absolute atomic E-state index is 0.0112. The Morgan fingerprint density at radius 3 is 2.61 bits per heavy atom. The van der Waals surface area contributed by atoms with Gasteiger partial charge in [0.25, 0.3) is 5.91 Å². The number of carbonyl (C=O) groups is 2. The summed E-state index contributed by atoms with van der Waals surface area (Å²) in [7, 11) is 0. The van der Waals surface area contributed by atoms with Crippen LogP contribution in [0.3, 0.4) is 0 Å². The quantitative estimate of drug-likeness (QED) is 0.572. The smallest absolute Gasteiger partial charge is 0.358 e. The van der Waals surface area contributed by atoms with Crippen LogP contribution in [0.25, 0.3) is 10.2 Å². The van der Waals surface area contributed by atoms with E-state index in [0.29, 0.717) is 31.0 Å². The van der Waals surface area contributed by atoms with Crippen molar-refractivity contribution in [3.05, 3.63) is 41.2 Å². The minimum atomic E-state index is -0.397. The second-order valence-corrected chi connectivity index (χ2v) is 9.59.